The lowest BCUT2D eigenvalue weighted by atomic mass is 9.94. The summed E-state index contributed by atoms with van der Waals surface area (Å²) in [4.78, 5) is 9.25. The molecule has 0 atom stereocenters. The Morgan fingerprint density at radius 1 is 1.21 bits per heavy atom. The monoisotopic (exact) mass is 393 g/mol. The summed E-state index contributed by atoms with van der Waals surface area (Å²) in [6.45, 7) is 4.15. The molecule has 29 heavy (non-hydrogen) atoms. The molecule has 0 unspecified atom stereocenters. The van der Waals surface area contributed by atoms with Crippen LogP contribution in [0.5, 0.6) is 5.75 Å². The number of likely N-dealkylation sites (tertiary alicyclic amines) is 1. The third-order valence-electron chi connectivity index (χ3n) is 6.29. The van der Waals surface area contributed by atoms with Crippen molar-refractivity contribution in [2.45, 2.75) is 25.8 Å². The highest BCUT2D eigenvalue weighted by atomic mass is 16.5. The first-order valence-electron chi connectivity index (χ1n) is 10.5. The highest BCUT2D eigenvalue weighted by Gasteiger charge is 2.28. The second-order valence-electron chi connectivity index (χ2n) is 8.22. The molecule has 7 nitrogen and oxygen atoms in total. The van der Waals surface area contributed by atoms with Crippen LogP contribution in [0.3, 0.4) is 0 Å². The minimum atomic E-state index is 0.725. The number of nitrogens with one attached hydrogen (secondary N) is 2. The summed E-state index contributed by atoms with van der Waals surface area (Å²) in [5.74, 6) is 3.61. The SMILES string of the molecule is CN1CCC(CC[n+]2cnc(/C=C3\Oc4ccccc4N3C)c3c2NCN3)CC1. The van der Waals surface area contributed by atoms with Crippen molar-refractivity contribution in [3.05, 3.63) is 42.2 Å². The van der Waals surface area contributed by atoms with Gasteiger partial charge in [-0.2, -0.15) is 0 Å². The maximum atomic E-state index is 6.04. The van der Waals surface area contributed by atoms with Crippen LogP contribution < -0.4 is 24.8 Å². The topological polar surface area (TPSA) is 56.5 Å². The largest absolute Gasteiger partial charge is 0.439 e. The number of anilines is 3. The molecule has 7 heteroatoms. The summed E-state index contributed by atoms with van der Waals surface area (Å²) in [6, 6.07) is 8.08. The van der Waals surface area contributed by atoms with Crippen LogP contribution in [0.1, 0.15) is 25.0 Å². The van der Waals surface area contributed by atoms with E-state index in [1.807, 2.05) is 37.7 Å². The van der Waals surface area contributed by atoms with Gasteiger partial charge in [0.05, 0.1) is 12.2 Å². The third-order valence-corrected chi connectivity index (χ3v) is 6.29. The number of hydrogen-bond acceptors (Lipinski definition) is 6. The summed E-state index contributed by atoms with van der Waals surface area (Å²) >= 11 is 0. The highest BCUT2D eigenvalue weighted by Crippen LogP contribution is 2.38. The molecular formula is C22H29N6O+. The Balaban J connectivity index is 1.35. The molecule has 152 valence electrons. The molecule has 3 aliphatic rings. The molecule has 5 rings (SSSR count). The number of piperidine rings is 1. The summed E-state index contributed by atoms with van der Waals surface area (Å²) in [7, 11) is 4.24. The molecule has 1 aromatic carbocycles. The van der Waals surface area contributed by atoms with E-state index < -0.39 is 0 Å². The molecule has 0 spiro atoms. The van der Waals surface area contributed by atoms with E-state index in [1.165, 1.54) is 32.4 Å². The number of nitrogens with zero attached hydrogens (tertiary/aromatic N) is 4. The Kier molecular flexibility index (Phi) is 4.75. The number of rotatable bonds is 4. The Morgan fingerprint density at radius 2 is 2.03 bits per heavy atom. The summed E-state index contributed by atoms with van der Waals surface area (Å²) in [6.07, 6.45) is 7.78. The summed E-state index contributed by atoms with van der Waals surface area (Å²) in [5.41, 5.74) is 3.03. The van der Waals surface area contributed by atoms with E-state index in [4.69, 9.17) is 9.72 Å². The number of aryl methyl sites for hydroxylation is 1. The standard InChI is InChI=1S/C22H28N6O/c1-26-10-7-16(8-11-26)9-12-28-15-25-17(21-22(28)24-14-23-21)13-20-27(2)18-5-3-4-6-19(18)29-20/h3-6,13,15-16,23H,7-12,14H2,1-2H3/p+1/b20-13-. The Morgan fingerprint density at radius 3 is 2.86 bits per heavy atom. The van der Waals surface area contributed by atoms with Gasteiger partial charge in [-0.05, 0) is 57.5 Å². The lowest BCUT2D eigenvalue weighted by Gasteiger charge is -2.28. The molecule has 3 aliphatic heterocycles. The first-order chi connectivity index (χ1) is 14.2. The van der Waals surface area contributed by atoms with Crippen molar-refractivity contribution in [2.24, 2.45) is 5.92 Å². The normalized spacial score (nSPS) is 20.2. The van der Waals surface area contributed by atoms with Gasteiger partial charge in [0, 0.05) is 13.1 Å². The predicted octanol–water partition coefficient (Wildman–Crippen LogP) is 2.72. The van der Waals surface area contributed by atoms with Crippen LogP contribution in [0.2, 0.25) is 0 Å². The van der Waals surface area contributed by atoms with E-state index in [-0.39, 0.29) is 0 Å². The van der Waals surface area contributed by atoms with Crippen LogP contribution in [-0.4, -0.2) is 43.7 Å². The van der Waals surface area contributed by atoms with Crippen LogP contribution in [0.25, 0.3) is 6.08 Å². The molecule has 2 aromatic rings. The van der Waals surface area contributed by atoms with Crippen LogP contribution in [0, 0.1) is 5.92 Å². The first kappa shape index (κ1) is 18.2. The molecule has 0 saturated carbocycles. The fourth-order valence-corrected chi connectivity index (χ4v) is 4.41. The van der Waals surface area contributed by atoms with Gasteiger partial charge in [0.15, 0.2) is 17.1 Å². The molecule has 1 saturated heterocycles. The van der Waals surface area contributed by atoms with Gasteiger partial charge in [0.1, 0.15) is 6.67 Å². The van der Waals surface area contributed by atoms with Gasteiger partial charge in [-0.3, -0.25) is 5.32 Å². The van der Waals surface area contributed by atoms with Crippen LogP contribution >= 0.6 is 0 Å². The number of ether oxygens (including phenoxy) is 1. The Hall–Kier alpha value is -2.80. The van der Waals surface area contributed by atoms with Crippen LogP contribution in [0.15, 0.2) is 36.5 Å². The van der Waals surface area contributed by atoms with Crippen molar-refractivity contribution in [3.8, 4) is 5.75 Å². The van der Waals surface area contributed by atoms with Gasteiger partial charge in [-0.25, -0.2) is 4.57 Å². The van der Waals surface area contributed by atoms with Gasteiger partial charge in [0.2, 0.25) is 18.0 Å². The second kappa shape index (κ2) is 7.55. The van der Waals surface area contributed by atoms with E-state index in [2.05, 4.69) is 38.1 Å². The number of benzene rings is 1. The maximum absolute atomic E-state index is 6.04. The summed E-state index contributed by atoms with van der Waals surface area (Å²) < 4.78 is 8.29. The van der Waals surface area contributed by atoms with Gasteiger partial charge >= 0.3 is 0 Å². The average molecular weight is 394 g/mol. The van der Waals surface area contributed by atoms with Gasteiger partial charge < -0.3 is 19.9 Å². The number of fused-ring (bicyclic) bond motifs is 2. The Bertz CT molecular complexity index is 935. The second-order valence-corrected chi connectivity index (χ2v) is 8.22. The molecular weight excluding hydrogens is 364 g/mol. The minimum Gasteiger partial charge on any atom is -0.439 e. The highest BCUT2D eigenvalue weighted by molar-refractivity contribution is 5.78. The zero-order chi connectivity index (χ0) is 19.8. The number of para-hydroxylation sites is 2. The number of hydrogen-bond donors (Lipinski definition) is 2. The van der Waals surface area contributed by atoms with Crippen molar-refractivity contribution in [1.82, 2.24) is 9.88 Å². The molecule has 0 bridgehead atoms. The fourth-order valence-electron chi connectivity index (χ4n) is 4.41. The van der Waals surface area contributed by atoms with E-state index in [0.717, 1.165) is 53.7 Å². The molecule has 0 radical (unpaired) electrons. The molecule has 4 heterocycles. The Labute approximate surface area is 172 Å². The summed E-state index contributed by atoms with van der Waals surface area (Å²) in [5, 5.41) is 6.92. The molecule has 0 aliphatic carbocycles. The molecule has 1 aromatic heterocycles. The van der Waals surface area contributed by atoms with E-state index >= 15 is 0 Å². The quantitative estimate of drug-likeness (QED) is 0.779. The zero-order valence-corrected chi connectivity index (χ0v) is 17.2. The van der Waals surface area contributed by atoms with Crippen LogP contribution in [0.4, 0.5) is 17.2 Å². The molecule has 1 fully saturated rings. The number of aromatic nitrogens is 2. The van der Waals surface area contributed by atoms with Crippen molar-refractivity contribution in [3.63, 3.8) is 0 Å². The van der Waals surface area contributed by atoms with E-state index in [0.29, 0.717) is 0 Å². The lowest BCUT2D eigenvalue weighted by molar-refractivity contribution is -0.686. The van der Waals surface area contributed by atoms with Gasteiger partial charge in [-0.15, -0.1) is 4.98 Å². The van der Waals surface area contributed by atoms with Crippen molar-refractivity contribution in [2.75, 3.05) is 49.4 Å². The van der Waals surface area contributed by atoms with E-state index in [1.54, 1.807) is 0 Å². The smallest absolute Gasteiger partial charge is 0.250 e. The fraction of sp³-hybridized carbons (Fsp3) is 0.455. The molecule has 0 amide bonds. The average Bonchev–Trinajstić information content (AvgIpc) is 3.35. The maximum Gasteiger partial charge on any atom is 0.250 e. The first-order valence-corrected chi connectivity index (χ1v) is 10.5. The van der Waals surface area contributed by atoms with Crippen molar-refractivity contribution < 1.29 is 9.30 Å². The lowest BCUT2D eigenvalue weighted by Crippen LogP contribution is -2.39. The van der Waals surface area contributed by atoms with Gasteiger partial charge in [-0.1, -0.05) is 12.1 Å². The van der Waals surface area contributed by atoms with Gasteiger partial charge in [0.25, 0.3) is 0 Å². The predicted molar refractivity (Wildman–Crippen MR) is 115 cm³/mol. The minimum absolute atomic E-state index is 0.725. The van der Waals surface area contributed by atoms with Crippen LogP contribution in [-0.2, 0) is 6.54 Å². The van der Waals surface area contributed by atoms with Crippen molar-refractivity contribution >= 4 is 23.3 Å². The van der Waals surface area contributed by atoms with E-state index in [9.17, 15) is 0 Å². The van der Waals surface area contributed by atoms with Crippen molar-refractivity contribution in [1.29, 1.82) is 0 Å². The zero-order valence-electron chi connectivity index (χ0n) is 17.2. The molecule has 2 N–H and O–H groups in total. The third kappa shape index (κ3) is 3.51.